The lowest BCUT2D eigenvalue weighted by atomic mass is 10.1. The predicted molar refractivity (Wildman–Crippen MR) is 51.7 cm³/mol. The van der Waals surface area contributed by atoms with Gasteiger partial charge in [0.25, 0.3) is 0 Å². The Morgan fingerprint density at radius 3 is 2.85 bits per heavy atom. The van der Waals surface area contributed by atoms with Crippen molar-refractivity contribution in [3.8, 4) is 17.6 Å². The Balaban J connectivity index is 3.16. The van der Waals surface area contributed by atoms with Crippen molar-refractivity contribution in [2.75, 3.05) is 7.11 Å². The standard InChI is InChI=1S/C9H8BrNO2/c1-13-9-4-6(2-3-11)8(12)5-7(9)10/h4-5,12H,2H2,1H3. The zero-order valence-electron chi connectivity index (χ0n) is 7.04. The van der Waals surface area contributed by atoms with E-state index in [1.54, 1.807) is 6.07 Å². The fourth-order valence-electron chi connectivity index (χ4n) is 0.968. The van der Waals surface area contributed by atoms with E-state index >= 15 is 0 Å². The predicted octanol–water partition coefficient (Wildman–Crippen LogP) is 2.23. The van der Waals surface area contributed by atoms with E-state index in [4.69, 9.17) is 10.00 Å². The number of hydrogen-bond donors (Lipinski definition) is 1. The number of phenols is 1. The van der Waals surface area contributed by atoms with E-state index in [2.05, 4.69) is 15.9 Å². The molecule has 0 aromatic heterocycles. The van der Waals surface area contributed by atoms with Crippen molar-refractivity contribution in [3.05, 3.63) is 22.2 Å². The molecule has 0 atom stereocenters. The number of benzene rings is 1. The van der Waals surface area contributed by atoms with Gasteiger partial charge in [-0.2, -0.15) is 5.26 Å². The molecular formula is C9H8BrNO2. The molecule has 0 aliphatic heterocycles. The molecule has 1 aromatic rings. The van der Waals surface area contributed by atoms with Crippen molar-refractivity contribution in [2.45, 2.75) is 6.42 Å². The summed E-state index contributed by atoms with van der Waals surface area (Å²) in [5, 5.41) is 17.9. The minimum atomic E-state index is 0.106. The van der Waals surface area contributed by atoms with Crippen molar-refractivity contribution in [2.24, 2.45) is 0 Å². The largest absolute Gasteiger partial charge is 0.508 e. The summed E-state index contributed by atoms with van der Waals surface area (Å²) in [4.78, 5) is 0. The maximum atomic E-state index is 9.41. The van der Waals surface area contributed by atoms with Crippen LogP contribution in [0.5, 0.6) is 11.5 Å². The number of rotatable bonds is 2. The van der Waals surface area contributed by atoms with Crippen LogP contribution in [0.2, 0.25) is 0 Å². The van der Waals surface area contributed by atoms with Gasteiger partial charge in [0.1, 0.15) is 11.5 Å². The monoisotopic (exact) mass is 241 g/mol. The van der Waals surface area contributed by atoms with Gasteiger partial charge in [0.2, 0.25) is 0 Å². The summed E-state index contributed by atoms with van der Waals surface area (Å²) in [6.07, 6.45) is 0.176. The number of hydrogen-bond acceptors (Lipinski definition) is 3. The lowest BCUT2D eigenvalue weighted by Gasteiger charge is -2.06. The van der Waals surface area contributed by atoms with Crippen LogP contribution in [0, 0.1) is 11.3 Å². The number of nitrogens with zero attached hydrogens (tertiary/aromatic N) is 1. The van der Waals surface area contributed by atoms with E-state index in [9.17, 15) is 5.11 Å². The molecule has 68 valence electrons. The third kappa shape index (κ3) is 2.13. The van der Waals surface area contributed by atoms with Crippen molar-refractivity contribution >= 4 is 15.9 Å². The van der Waals surface area contributed by atoms with Gasteiger partial charge in [0.05, 0.1) is 24.1 Å². The highest BCUT2D eigenvalue weighted by Crippen LogP contribution is 2.32. The second kappa shape index (κ2) is 4.15. The van der Waals surface area contributed by atoms with Gasteiger partial charge in [-0.05, 0) is 28.1 Å². The molecule has 1 N–H and O–H groups in total. The first-order valence-electron chi connectivity index (χ1n) is 3.61. The molecule has 0 spiro atoms. The summed E-state index contributed by atoms with van der Waals surface area (Å²) in [6, 6.07) is 5.13. The van der Waals surface area contributed by atoms with Gasteiger partial charge >= 0.3 is 0 Å². The molecule has 0 amide bonds. The zero-order valence-corrected chi connectivity index (χ0v) is 8.63. The smallest absolute Gasteiger partial charge is 0.133 e. The summed E-state index contributed by atoms with van der Waals surface area (Å²) >= 11 is 3.22. The molecule has 0 radical (unpaired) electrons. The Kier molecular flexibility index (Phi) is 3.15. The Morgan fingerprint density at radius 1 is 1.62 bits per heavy atom. The zero-order chi connectivity index (χ0) is 9.84. The molecule has 1 rings (SSSR count). The number of aromatic hydroxyl groups is 1. The van der Waals surface area contributed by atoms with Gasteiger partial charge in [-0.3, -0.25) is 0 Å². The van der Waals surface area contributed by atoms with Gasteiger partial charge in [-0.1, -0.05) is 0 Å². The molecule has 3 nitrogen and oxygen atoms in total. The average Bonchev–Trinajstić information content (AvgIpc) is 2.10. The van der Waals surface area contributed by atoms with Crippen LogP contribution in [0.15, 0.2) is 16.6 Å². The number of nitriles is 1. The fraction of sp³-hybridized carbons (Fsp3) is 0.222. The minimum absolute atomic E-state index is 0.106. The van der Waals surface area contributed by atoms with Crippen LogP contribution in [0.3, 0.4) is 0 Å². The summed E-state index contributed by atoms with van der Waals surface area (Å²) in [6.45, 7) is 0. The highest BCUT2D eigenvalue weighted by molar-refractivity contribution is 9.10. The first-order chi connectivity index (χ1) is 6.19. The maximum absolute atomic E-state index is 9.41. The van der Waals surface area contributed by atoms with E-state index in [0.717, 1.165) is 0 Å². The maximum Gasteiger partial charge on any atom is 0.133 e. The minimum Gasteiger partial charge on any atom is -0.508 e. The van der Waals surface area contributed by atoms with E-state index < -0.39 is 0 Å². The van der Waals surface area contributed by atoms with E-state index in [-0.39, 0.29) is 12.2 Å². The molecule has 0 bridgehead atoms. The number of ether oxygens (including phenoxy) is 1. The Hall–Kier alpha value is -1.21. The molecule has 13 heavy (non-hydrogen) atoms. The summed E-state index contributed by atoms with van der Waals surface area (Å²) in [7, 11) is 1.54. The van der Waals surface area contributed by atoms with E-state index in [1.165, 1.54) is 13.2 Å². The second-order valence-electron chi connectivity index (χ2n) is 2.45. The van der Waals surface area contributed by atoms with Gasteiger partial charge in [0, 0.05) is 5.56 Å². The summed E-state index contributed by atoms with van der Waals surface area (Å²) in [5.41, 5.74) is 0.572. The Bertz CT molecular complexity index is 357. The molecular weight excluding hydrogens is 234 g/mol. The normalized spacial score (nSPS) is 9.31. The molecule has 0 saturated heterocycles. The van der Waals surface area contributed by atoms with Gasteiger partial charge in [-0.15, -0.1) is 0 Å². The van der Waals surface area contributed by atoms with Crippen LogP contribution in [0.4, 0.5) is 0 Å². The van der Waals surface area contributed by atoms with Crippen LogP contribution in [-0.2, 0) is 6.42 Å². The fourth-order valence-corrected chi connectivity index (χ4v) is 1.46. The molecule has 0 aliphatic carbocycles. The first kappa shape index (κ1) is 9.87. The molecule has 4 heteroatoms. The molecule has 0 unspecified atom stereocenters. The lowest BCUT2D eigenvalue weighted by molar-refractivity contribution is 0.408. The second-order valence-corrected chi connectivity index (χ2v) is 3.30. The van der Waals surface area contributed by atoms with Crippen LogP contribution in [-0.4, -0.2) is 12.2 Å². The van der Waals surface area contributed by atoms with Crippen LogP contribution >= 0.6 is 15.9 Å². The number of halogens is 1. The highest BCUT2D eigenvalue weighted by Gasteiger charge is 2.07. The molecule has 1 aromatic carbocycles. The quantitative estimate of drug-likeness (QED) is 0.865. The van der Waals surface area contributed by atoms with E-state index in [1.807, 2.05) is 6.07 Å². The summed E-state index contributed by atoms with van der Waals surface area (Å²) in [5.74, 6) is 0.720. The highest BCUT2D eigenvalue weighted by atomic mass is 79.9. The molecule has 0 fully saturated rings. The van der Waals surface area contributed by atoms with Crippen LogP contribution < -0.4 is 4.74 Å². The number of phenolic OH excluding ortho intramolecular Hbond substituents is 1. The van der Waals surface area contributed by atoms with Crippen molar-refractivity contribution in [3.63, 3.8) is 0 Å². The third-order valence-electron chi connectivity index (χ3n) is 1.62. The van der Waals surface area contributed by atoms with Crippen molar-refractivity contribution in [1.29, 1.82) is 5.26 Å². The molecule has 0 heterocycles. The average molecular weight is 242 g/mol. The van der Waals surface area contributed by atoms with Gasteiger partial charge in [0.15, 0.2) is 0 Å². The first-order valence-corrected chi connectivity index (χ1v) is 4.40. The third-order valence-corrected chi connectivity index (χ3v) is 2.24. The van der Waals surface area contributed by atoms with Crippen LogP contribution in [0.1, 0.15) is 5.56 Å². The summed E-state index contributed by atoms with van der Waals surface area (Å²) < 4.78 is 5.69. The van der Waals surface area contributed by atoms with Gasteiger partial charge < -0.3 is 9.84 Å². The number of methoxy groups -OCH3 is 1. The van der Waals surface area contributed by atoms with Crippen molar-refractivity contribution in [1.82, 2.24) is 0 Å². The van der Waals surface area contributed by atoms with Gasteiger partial charge in [-0.25, -0.2) is 0 Å². The Morgan fingerprint density at radius 2 is 2.31 bits per heavy atom. The van der Waals surface area contributed by atoms with E-state index in [0.29, 0.717) is 15.8 Å². The topological polar surface area (TPSA) is 53.2 Å². The molecule has 0 saturated carbocycles. The van der Waals surface area contributed by atoms with Crippen molar-refractivity contribution < 1.29 is 9.84 Å². The Labute approximate surface area is 84.7 Å². The SMILES string of the molecule is COc1cc(CC#N)c(O)cc1Br. The van der Waals surface area contributed by atoms with Crippen LogP contribution in [0.25, 0.3) is 0 Å². The molecule has 0 aliphatic rings. The lowest BCUT2D eigenvalue weighted by Crippen LogP contribution is -1.89.